The summed E-state index contributed by atoms with van der Waals surface area (Å²) in [6.07, 6.45) is 5.01. The van der Waals surface area contributed by atoms with Crippen molar-refractivity contribution in [2.45, 2.75) is 0 Å². The number of aryl methyl sites for hydroxylation is 1. The Kier molecular flexibility index (Phi) is 4.11. The topological polar surface area (TPSA) is 110 Å². The number of fused-ring (bicyclic) bond motifs is 1. The molecule has 28 heavy (non-hydrogen) atoms. The molecule has 9 nitrogen and oxygen atoms in total. The summed E-state index contributed by atoms with van der Waals surface area (Å²) in [5.41, 5.74) is 1.42. The van der Waals surface area contributed by atoms with E-state index in [0.29, 0.717) is 16.9 Å². The number of nitro groups is 1. The maximum Gasteiger partial charge on any atom is 0.356 e. The van der Waals surface area contributed by atoms with E-state index >= 15 is 0 Å². The number of H-pyrrole nitrogens is 1. The lowest BCUT2D eigenvalue weighted by molar-refractivity contribution is -0.385. The van der Waals surface area contributed by atoms with Crippen LogP contribution in [0.3, 0.4) is 0 Å². The van der Waals surface area contributed by atoms with Crippen molar-refractivity contribution in [2.75, 3.05) is 11.9 Å². The van der Waals surface area contributed by atoms with Crippen molar-refractivity contribution in [3.05, 3.63) is 75.3 Å². The second-order valence-corrected chi connectivity index (χ2v) is 6.34. The first-order valence-electron chi connectivity index (χ1n) is 8.43. The molecular weight excluding hydrogens is 360 g/mol. The van der Waals surface area contributed by atoms with Crippen molar-refractivity contribution in [3.8, 4) is 11.3 Å². The first-order chi connectivity index (χ1) is 13.4. The lowest BCUT2D eigenvalue weighted by atomic mass is 10.1. The van der Waals surface area contributed by atoms with Gasteiger partial charge in [-0.2, -0.15) is 5.10 Å². The molecule has 140 valence electrons. The molecule has 0 saturated carbocycles. The Balaban J connectivity index is 1.89. The van der Waals surface area contributed by atoms with Crippen molar-refractivity contribution in [2.24, 2.45) is 7.05 Å². The summed E-state index contributed by atoms with van der Waals surface area (Å²) in [4.78, 5) is 32.3. The fraction of sp³-hybridized carbons (Fsp3) is 0.105. The van der Waals surface area contributed by atoms with E-state index < -0.39 is 16.0 Å². The highest BCUT2D eigenvalue weighted by Gasteiger charge is 2.25. The Bertz CT molecular complexity index is 1260. The van der Waals surface area contributed by atoms with Gasteiger partial charge in [-0.05, 0) is 24.3 Å². The fourth-order valence-corrected chi connectivity index (χ4v) is 3.07. The van der Waals surface area contributed by atoms with Crippen LogP contribution in [0.5, 0.6) is 0 Å². The first kappa shape index (κ1) is 17.4. The van der Waals surface area contributed by atoms with Crippen molar-refractivity contribution >= 4 is 28.1 Å². The highest BCUT2D eigenvalue weighted by Crippen LogP contribution is 2.31. The Labute approximate surface area is 159 Å². The van der Waals surface area contributed by atoms with Gasteiger partial charge in [-0.3, -0.25) is 24.6 Å². The molecule has 0 radical (unpaired) electrons. The summed E-state index contributed by atoms with van der Waals surface area (Å²) in [5.74, 6) is 0.0968. The smallest absolute Gasteiger partial charge is 0.335 e. The summed E-state index contributed by atoms with van der Waals surface area (Å²) >= 11 is 0. The predicted octanol–water partition coefficient (Wildman–Crippen LogP) is 3.00. The van der Waals surface area contributed by atoms with E-state index in [1.54, 1.807) is 48.3 Å². The average molecular weight is 376 g/mol. The van der Waals surface area contributed by atoms with Gasteiger partial charge in [0, 0.05) is 49.2 Å². The predicted molar refractivity (Wildman–Crippen MR) is 106 cm³/mol. The number of nitrogens with zero attached hydrogens (tertiary/aromatic N) is 5. The number of aromatic amines is 1. The number of hydrogen-bond donors (Lipinski definition) is 1. The average Bonchev–Trinajstić information content (AvgIpc) is 3.12. The number of hydrogen-bond acceptors (Lipinski definition) is 6. The van der Waals surface area contributed by atoms with Gasteiger partial charge in [0.1, 0.15) is 0 Å². The molecule has 0 atom stereocenters. The Hall–Kier alpha value is -4.01. The maximum absolute atomic E-state index is 12.5. The van der Waals surface area contributed by atoms with Gasteiger partial charge < -0.3 is 9.88 Å². The molecule has 1 aromatic carbocycles. The van der Waals surface area contributed by atoms with Gasteiger partial charge in [-0.15, -0.1) is 0 Å². The van der Waals surface area contributed by atoms with Crippen LogP contribution < -0.4 is 10.3 Å². The summed E-state index contributed by atoms with van der Waals surface area (Å²) in [7, 11) is 3.42. The molecular formula is C19H16N6O3. The largest absolute Gasteiger partial charge is 0.356 e. The second-order valence-electron chi connectivity index (χ2n) is 6.34. The lowest BCUT2D eigenvalue weighted by Gasteiger charge is -2.20. The van der Waals surface area contributed by atoms with Crippen LogP contribution in [0.25, 0.3) is 22.2 Å². The van der Waals surface area contributed by atoms with Crippen LogP contribution in [0.2, 0.25) is 0 Å². The van der Waals surface area contributed by atoms with Crippen LogP contribution in [0.4, 0.5) is 17.2 Å². The quantitative estimate of drug-likeness (QED) is 0.433. The van der Waals surface area contributed by atoms with Crippen LogP contribution in [-0.4, -0.2) is 31.7 Å². The molecule has 3 aromatic heterocycles. The Morgan fingerprint density at radius 1 is 1.25 bits per heavy atom. The van der Waals surface area contributed by atoms with Crippen LogP contribution in [0, 0.1) is 10.1 Å². The molecule has 4 aromatic rings. The minimum Gasteiger partial charge on any atom is -0.335 e. The summed E-state index contributed by atoms with van der Waals surface area (Å²) in [6.45, 7) is 0. The molecule has 0 spiro atoms. The number of nitrogens with one attached hydrogen (secondary N) is 1. The van der Waals surface area contributed by atoms with E-state index in [4.69, 9.17) is 0 Å². The molecule has 0 saturated heterocycles. The van der Waals surface area contributed by atoms with E-state index in [0.717, 1.165) is 10.9 Å². The summed E-state index contributed by atoms with van der Waals surface area (Å²) in [6, 6.07) is 10.4. The molecule has 0 fully saturated rings. The van der Waals surface area contributed by atoms with Gasteiger partial charge in [-0.1, -0.05) is 6.07 Å². The van der Waals surface area contributed by atoms with Crippen molar-refractivity contribution in [1.29, 1.82) is 0 Å². The third-order valence-corrected chi connectivity index (χ3v) is 4.49. The van der Waals surface area contributed by atoms with Gasteiger partial charge in [0.25, 0.3) is 5.43 Å². The normalized spacial score (nSPS) is 10.9. The van der Waals surface area contributed by atoms with Crippen LogP contribution in [0.1, 0.15) is 0 Å². The Morgan fingerprint density at radius 3 is 2.79 bits per heavy atom. The van der Waals surface area contributed by atoms with Crippen molar-refractivity contribution < 1.29 is 4.92 Å². The summed E-state index contributed by atoms with van der Waals surface area (Å²) < 4.78 is 1.59. The van der Waals surface area contributed by atoms with Crippen LogP contribution in [0.15, 0.2) is 59.8 Å². The van der Waals surface area contributed by atoms with E-state index in [2.05, 4.69) is 15.1 Å². The molecule has 0 amide bonds. The van der Waals surface area contributed by atoms with E-state index in [-0.39, 0.29) is 5.82 Å². The van der Waals surface area contributed by atoms with E-state index in [1.807, 2.05) is 24.3 Å². The second kappa shape index (κ2) is 6.62. The van der Waals surface area contributed by atoms with Gasteiger partial charge in [0.15, 0.2) is 5.82 Å². The lowest BCUT2D eigenvalue weighted by Crippen LogP contribution is -2.19. The monoisotopic (exact) mass is 376 g/mol. The standard InChI is InChI=1S/C19H16N6O3/c1-23-11-13(10-21-23)16-9-17(26)18(25(27)28)19(22-16)24(2)14-5-6-15-12(8-14)4-3-7-20-15/h3-11H,1-2H3,(H,22,26). The minimum absolute atomic E-state index is 0.0968. The van der Waals surface area contributed by atoms with Crippen molar-refractivity contribution in [3.63, 3.8) is 0 Å². The number of rotatable bonds is 4. The van der Waals surface area contributed by atoms with Crippen LogP contribution in [-0.2, 0) is 7.05 Å². The molecule has 3 heterocycles. The molecule has 4 rings (SSSR count). The molecule has 9 heteroatoms. The molecule has 0 unspecified atom stereocenters. The van der Waals surface area contributed by atoms with Gasteiger partial charge in [0.05, 0.1) is 22.3 Å². The zero-order valence-corrected chi connectivity index (χ0v) is 15.2. The van der Waals surface area contributed by atoms with E-state index in [9.17, 15) is 14.9 Å². The molecule has 1 N–H and O–H groups in total. The van der Waals surface area contributed by atoms with Gasteiger partial charge in [0.2, 0.25) is 0 Å². The highest BCUT2D eigenvalue weighted by atomic mass is 16.6. The first-order valence-corrected chi connectivity index (χ1v) is 8.43. The molecule has 0 aliphatic rings. The van der Waals surface area contributed by atoms with Crippen LogP contribution >= 0.6 is 0 Å². The minimum atomic E-state index is -0.674. The molecule has 0 bridgehead atoms. The van der Waals surface area contributed by atoms with Crippen molar-refractivity contribution in [1.82, 2.24) is 19.7 Å². The highest BCUT2D eigenvalue weighted by molar-refractivity contribution is 5.84. The molecule has 0 aliphatic carbocycles. The zero-order chi connectivity index (χ0) is 19.8. The number of benzene rings is 1. The number of anilines is 2. The van der Waals surface area contributed by atoms with Gasteiger partial charge >= 0.3 is 5.69 Å². The third-order valence-electron chi connectivity index (χ3n) is 4.49. The van der Waals surface area contributed by atoms with Gasteiger partial charge in [-0.25, -0.2) is 0 Å². The third kappa shape index (κ3) is 2.98. The zero-order valence-electron chi connectivity index (χ0n) is 15.2. The maximum atomic E-state index is 12.5. The SMILES string of the molecule is CN(c1ccc2ncccc2c1)c1[nH]c(-c2cnn(C)c2)cc(=O)c1[N+](=O)[O-]. The number of pyridine rings is 2. The van der Waals surface area contributed by atoms with E-state index in [1.165, 1.54) is 6.07 Å². The number of aromatic nitrogens is 4. The Morgan fingerprint density at radius 2 is 2.07 bits per heavy atom. The summed E-state index contributed by atoms with van der Waals surface area (Å²) in [5, 5.41) is 16.6. The fourth-order valence-electron chi connectivity index (χ4n) is 3.07. The molecule has 0 aliphatic heterocycles.